The summed E-state index contributed by atoms with van der Waals surface area (Å²) in [6.45, 7) is 4.37. The molecule has 0 aliphatic carbocycles. The molecule has 0 spiro atoms. The zero-order valence-electron chi connectivity index (χ0n) is 8.04. The second-order valence-corrected chi connectivity index (χ2v) is 6.14. The van der Waals surface area contributed by atoms with E-state index in [-0.39, 0.29) is 0 Å². The van der Waals surface area contributed by atoms with Crippen LogP contribution in [0.5, 0.6) is 0 Å². The summed E-state index contributed by atoms with van der Waals surface area (Å²) in [5.41, 5.74) is 4.32. The first kappa shape index (κ1) is 9.47. The van der Waals surface area contributed by atoms with Crippen LogP contribution in [0.3, 0.4) is 0 Å². The Bertz CT molecular complexity index is 301. The lowest BCUT2D eigenvalue weighted by Gasteiger charge is -2.10. The molecule has 1 fully saturated rings. The zero-order chi connectivity index (χ0) is 9.26. The van der Waals surface area contributed by atoms with Crippen molar-refractivity contribution >= 4 is 23.5 Å². The Labute approximate surface area is 88.5 Å². The first-order valence-electron chi connectivity index (χ1n) is 4.58. The Morgan fingerprint density at radius 2 is 1.77 bits per heavy atom. The smallest absolute Gasteiger partial charge is 0.0751 e. The SMILES string of the molecule is Cc1ccc(C2SCCS2)cc1C. The van der Waals surface area contributed by atoms with Crippen molar-refractivity contribution in [3.8, 4) is 0 Å². The maximum Gasteiger partial charge on any atom is 0.0751 e. The molecule has 1 heterocycles. The quantitative estimate of drug-likeness (QED) is 0.692. The van der Waals surface area contributed by atoms with Crippen LogP contribution in [-0.4, -0.2) is 11.5 Å². The molecule has 0 aromatic heterocycles. The highest BCUT2D eigenvalue weighted by Crippen LogP contribution is 2.45. The topological polar surface area (TPSA) is 0 Å². The molecule has 70 valence electrons. The number of benzene rings is 1. The molecule has 0 bridgehead atoms. The Morgan fingerprint density at radius 3 is 2.38 bits per heavy atom. The van der Waals surface area contributed by atoms with Gasteiger partial charge in [0.05, 0.1) is 4.58 Å². The lowest BCUT2D eigenvalue weighted by atomic mass is 10.1. The predicted octanol–water partition coefficient (Wildman–Crippen LogP) is 3.78. The Kier molecular flexibility index (Phi) is 2.89. The molecule has 1 aliphatic heterocycles. The van der Waals surface area contributed by atoms with E-state index < -0.39 is 0 Å². The lowest BCUT2D eigenvalue weighted by molar-refractivity contribution is 1.28. The highest BCUT2D eigenvalue weighted by Gasteiger charge is 2.18. The Balaban J connectivity index is 2.25. The Hall–Kier alpha value is -0.0800. The van der Waals surface area contributed by atoms with E-state index in [0.29, 0.717) is 4.58 Å². The maximum atomic E-state index is 2.34. The van der Waals surface area contributed by atoms with Gasteiger partial charge in [-0.05, 0) is 30.5 Å². The van der Waals surface area contributed by atoms with Crippen LogP contribution in [0.15, 0.2) is 18.2 Å². The van der Waals surface area contributed by atoms with Gasteiger partial charge >= 0.3 is 0 Å². The summed E-state index contributed by atoms with van der Waals surface area (Å²) < 4.78 is 0.694. The minimum atomic E-state index is 0.694. The average molecular weight is 210 g/mol. The van der Waals surface area contributed by atoms with Crippen molar-refractivity contribution in [2.24, 2.45) is 0 Å². The number of thioether (sulfide) groups is 2. The minimum absolute atomic E-state index is 0.694. The normalized spacial score (nSPS) is 18.0. The molecule has 0 N–H and O–H groups in total. The molecule has 2 rings (SSSR count). The maximum absolute atomic E-state index is 2.34. The van der Waals surface area contributed by atoms with Crippen LogP contribution in [0.2, 0.25) is 0 Å². The Morgan fingerprint density at radius 1 is 1.08 bits per heavy atom. The molecule has 1 aliphatic rings. The van der Waals surface area contributed by atoms with E-state index in [9.17, 15) is 0 Å². The third-order valence-corrected chi connectivity index (χ3v) is 5.53. The number of rotatable bonds is 1. The van der Waals surface area contributed by atoms with Gasteiger partial charge in [0.1, 0.15) is 0 Å². The summed E-state index contributed by atoms with van der Waals surface area (Å²) >= 11 is 4.15. The van der Waals surface area contributed by atoms with E-state index in [2.05, 4.69) is 55.6 Å². The van der Waals surface area contributed by atoms with Gasteiger partial charge in [-0.3, -0.25) is 0 Å². The number of aryl methyl sites for hydroxylation is 2. The zero-order valence-corrected chi connectivity index (χ0v) is 9.67. The minimum Gasteiger partial charge on any atom is -0.142 e. The number of hydrogen-bond acceptors (Lipinski definition) is 2. The van der Waals surface area contributed by atoms with Crippen molar-refractivity contribution in [1.82, 2.24) is 0 Å². The van der Waals surface area contributed by atoms with Crippen molar-refractivity contribution in [3.63, 3.8) is 0 Å². The second-order valence-electron chi connectivity index (χ2n) is 3.42. The van der Waals surface area contributed by atoms with Crippen molar-refractivity contribution in [1.29, 1.82) is 0 Å². The fourth-order valence-electron chi connectivity index (χ4n) is 1.46. The highest BCUT2D eigenvalue weighted by atomic mass is 32.2. The molecule has 2 heteroatoms. The third kappa shape index (κ3) is 2.05. The molecule has 1 aromatic rings. The summed E-state index contributed by atoms with van der Waals surface area (Å²) in [6.07, 6.45) is 0. The van der Waals surface area contributed by atoms with Gasteiger partial charge in [-0.15, -0.1) is 23.5 Å². The largest absolute Gasteiger partial charge is 0.142 e. The summed E-state index contributed by atoms with van der Waals surface area (Å²) in [4.78, 5) is 0. The molecule has 0 unspecified atom stereocenters. The van der Waals surface area contributed by atoms with E-state index in [1.807, 2.05) is 0 Å². The average Bonchev–Trinajstić information content (AvgIpc) is 2.62. The van der Waals surface area contributed by atoms with Gasteiger partial charge in [0.2, 0.25) is 0 Å². The lowest BCUT2D eigenvalue weighted by Crippen LogP contribution is -1.88. The van der Waals surface area contributed by atoms with Crippen LogP contribution in [0.25, 0.3) is 0 Å². The summed E-state index contributed by atoms with van der Waals surface area (Å²) in [6, 6.07) is 6.85. The van der Waals surface area contributed by atoms with Gasteiger partial charge in [-0.1, -0.05) is 18.2 Å². The van der Waals surface area contributed by atoms with Gasteiger partial charge in [0.15, 0.2) is 0 Å². The molecule has 0 atom stereocenters. The fourth-order valence-corrected chi connectivity index (χ4v) is 4.30. The predicted molar refractivity (Wildman–Crippen MR) is 63.6 cm³/mol. The highest BCUT2D eigenvalue weighted by molar-refractivity contribution is 8.19. The molecule has 1 saturated heterocycles. The van der Waals surface area contributed by atoms with Crippen LogP contribution in [0.1, 0.15) is 21.3 Å². The van der Waals surface area contributed by atoms with E-state index in [1.54, 1.807) is 0 Å². The summed E-state index contributed by atoms with van der Waals surface area (Å²) in [5, 5.41) is 0. The first-order valence-corrected chi connectivity index (χ1v) is 6.67. The van der Waals surface area contributed by atoms with Crippen LogP contribution in [0, 0.1) is 13.8 Å². The fraction of sp³-hybridized carbons (Fsp3) is 0.455. The van der Waals surface area contributed by atoms with Crippen molar-refractivity contribution in [2.75, 3.05) is 11.5 Å². The van der Waals surface area contributed by atoms with Gasteiger partial charge in [-0.25, -0.2) is 0 Å². The van der Waals surface area contributed by atoms with Gasteiger partial charge in [0, 0.05) is 11.5 Å². The summed E-state index contributed by atoms with van der Waals surface area (Å²) in [7, 11) is 0. The molecule has 0 nitrogen and oxygen atoms in total. The van der Waals surface area contributed by atoms with E-state index in [0.717, 1.165) is 0 Å². The van der Waals surface area contributed by atoms with Crippen LogP contribution in [0.4, 0.5) is 0 Å². The molecule has 0 radical (unpaired) electrons. The van der Waals surface area contributed by atoms with Crippen molar-refractivity contribution < 1.29 is 0 Å². The molecule has 0 amide bonds. The van der Waals surface area contributed by atoms with Gasteiger partial charge < -0.3 is 0 Å². The molecule has 0 saturated carbocycles. The van der Waals surface area contributed by atoms with E-state index in [1.165, 1.54) is 28.2 Å². The monoisotopic (exact) mass is 210 g/mol. The summed E-state index contributed by atoms with van der Waals surface area (Å²) in [5.74, 6) is 2.62. The van der Waals surface area contributed by atoms with Gasteiger partial charge in [0.25, 0.3) is 0 Å². The first-order chi connectivity index (χ1) is 6.27. The van der Waals surface area contributed by atoms with E-state index >= 15 is 0 Å². The van der Waals surface area contributed by atoms with Crippen LogP contribution >= 0.6 is 23.5 Å². The van der Waals surface area contributed by atoms with Gasteiger partial charge in [-0.2, -0.15) is 0 Å². The van der Waals surface area contributed by atoms with Crippen LogP contribution < -0.4 is 0 Å². The van der Waals surface area contributed by atoms with Crippen molar-refractivity contribution in [2.45, 2.75) is 18.4 Å². The van der Waals surface area contributed by atoms with Crippen LogP contribution in [-0.2, 0) is 0 Å². The van der Waals surface area contributed by atoms with Crippen molar-refractivity contribution in [3.05, 3.63) is 34.9 Å². The standard InChI is InChI=1S/C11H14S2/c1-8-3-4-10(7-9(8)2)11-12-5-6-13-11/h3-4,7,11H,5-6H2,1-2H3. The third-order valence-electron chi connectivity index (χ3n) is 2.42. The van der Waals surface area contributed by atoms with E-state index in [4.69, 9.17) is 0 Å². The molecular formula is C11H14S2. The molecular weight excluding hydrogens is 196 g/mol. The second kappa shape index (κ2) is 3.97. The number of hydrogen-bond donors (Lipinski definition) is 0. The molecule has 13 heavy (non-hydrogen) atoms. The molecule has 1 aromatic carbocycles.